The molecule has 18 heavy (non-hydrogen) atoms. The minimum Gasteiger partial charge on any atom is -0.234 e. The predicted octanol–water partition coefficient (Wildman–Crippen LogP) is 4.04. The van der Waals surface area contributed by atoms with Crippen LogP contribution in [0.15, 0.2) is 27.1 Å². The maximum Gasteiger partial charge on any atom is 0.145 e. The van der Waals surface area contributed by atoms with E-state index in [9.17, 15) is 4.21 Å². The molecule has 0 radical (unpaired) electrons. The first-order chi connectivity index (χ1) is 8.38. The van der Waals surface area contributed by atoms with Gasteiger partial charge in [0.05, 0.1) is 10.5 Å². The Labute approximate surface area is 120 Å². The highest BCUT2D eigenvalue weighted by molar-refractivity contribution is 9.10. The summed E-state index contributed by atoms with van der Waals surface area (Å²) in [5.41, 5.74) is 3.47. The molecule has 1 aliphatic rings. The highest BCUT2D eigenvalue weighted by Crippen LogP contribution is 2.26. The van der Waals surface area contributed by atoms with Crippen LogP contribution in [-0.2, 0) is 17.4 Å². The minimum absolute atomic E-state index is 0.295. The van der Waals surface area contributed by atoms with Crippen molar-refractivity contribution in [2.45, 2.75) is 44.8 Å². The van der Waals surface area contributed by atoms with Crippen LogP contribution in [0.2, 0.25) is 0 Å². The van der Waals surface area contributed by atoms with Crippen LogP contribution in [0.3, 0.4) is 0 Å². The van der Waals surface area contributed by atoms with Gasteiger partial charge in [-0.1, -0.05) is 22.0 Å². The van der Waals surface area contributed by atoms with Crippen LogP contribution in [0.4, 0.5) is 0 Å². The van der Waals surface area contributed by atoms with Crippen molar-refractivity contribution >= 4 is 32.6 Å². The molecule has 0 bridgehead atoms. The molecule has 0 N–H and O–H groups in total. The Kier molecular flexibility index (Phi) is 4.07. The van der Waals surface area contributed by atoms with Gasteiger partial charge in [0.2, 0.25) is 0 Å². The molecule has 0 spiro atoms. The van der Waals surface area contributed by atoms with Crippen molar-refractivity contribution in [1.29, 1.82) is 0 Å². The lowest BCUT2D eigenvalue weighted by molar-refractivity contribution is 0.650. The minimum atomic E-state index is -1.18. The number of aryl methyl sites for hydroxylation is 1. The van der Waals surface area contributed by atoms with E-state index in [0.29, 0.717) is 0 Å². The zero-order valence-electron chi connectivity index (χ0n) is 11.0. The molecule has 2 rings (SSSR count). The third kappa shape index (κ3) is 3.09. The third-order valence-corrected chi connectivity index (χ3v) is 4.89. The number of hydrogen-bond acceptors (Lipinski definition) is 1. The average Bonchev–Trinajstić information content (AvgIpc) is 2.28. The first kappa shape index (κ1) is 13.9. The molecule has 0 saturated carbocycles. The van der Waals surface area contributed by atoms with Gasteiger partial charge in [-0.2, -0.15) is 4.40 Å². The molecule has 1 aromatic rings. The van der Waals surface area contributed by atoms with E-state index in [1.165, 1.54) is 5.56 Å². The Morgan fingerprint density at radius 1 is 1.28 bits per heavy atom. The Bertz CT molecular complexity index is 517. The first-order valence-corrected chi connectivity index (χ1v) is 8.06. The number of nitrogens with zero attached hydrogens (tertiary/aromatic N) is 1. The molecule has 0 fully saturated rings. The van der Waals surface area contributed by atoms with Gasteiger partial charge in [-0.25, -0.2) is 4.21 Å². The van der Waals surface area contributed by atoms with E-state index in [4.69, 9.17) is 0 Å². The smallest absolute Gasteiger partial charge is 0.145 e. The number of fused-ring (bicyclic) bond motifs is 1. The van der Waals surface area contributed by atoms with Gasteiger partial charge in [0, 0.05) is 10.0 Å². The molecule has 1 aliphatic carbocycles. The molecule has 1 atom stereocenters. The maximum atomic E-state index is 12.1. The topological polar surface area (TPSA) is 29.4 Å². The fourth-order valence-electron chi connectivity index (χ4n) is 1.95. The molecule has 4 heteroatoms. The fourth-order valence-corrected chi connectivity index (χ4v) is 2.97. The van der Waals surface area contributed by atoms with Gasteiger partial charge >= 0.3 is 0 Å². The molecule has 98 valence electrons. The largest absolute Gasteiger partial charge is 0.234 e. The number of rotatable bonds is 1. The second-order valence-electron chi connectivity index (χ2n) is 5.55. The van der Waals surface area contributed by atoms with Crippen molar-refractivity contribution in [3.05, 3.63) is 33.8 Å². The molecule has 0 amide bonds. The van der Waals surface area contributed by atoms with Gasteiger partial charge in [-0.3, -0.25) is 0 Å². The zero-order chi connectivity index (χ0) is 13.3. The van der Waals surface area contributed by atoms with Crippen LogP contribution in [0.1, 0.15) is 44.7 Å². The monoisotopic (exact) mass is 327 g/mol. The van der Waals surface area contributed by atoms with Gasteiger partial charge < -0.3 is 0 Å². The summed E-state index contributed by atoms with van der Waals surface area (Å²) in [6.07, 6.45) is 3.10. The molecule has 0 unspecified atom stereocenters. The van der Waals surface area contributed by atoms with E-state index < -0.39 is 11.0 Å². The molecule has 0 aliphatic heterocycles. The molecule has 0 heterocycles. The number of halogens is 1. The van der Waals surface area contributed by atoms with E-state index >= 15 is 0 Å². The van der Waals surface area contributed by atoms with Crippen LogP contribution in [0.25, 0.3) is 0 Å². The Balaban J connectivity index is 2.41. The van der Waals surface area contributed by atoms with Crippen LogP contribution >= 0.6 is 15.9 Å². The van der Waals surface area contributed by atoms with E-state index in [1.54, 1.807) is 0 Å². The van der Waals surface area contributed by atoms with Gasteiger partial charge in [-0.15, -0.1) is 0 Å². The predicted molar refractivity (Wildman–Crippen MR) is 81.5 cm³/mol. The number of hydrogen-bond donors (Lipinski definition) is 0. The Morgan fingerprint density at radius 3 is 2.67 bits per heavy atom. The summed E-state index contributed by atoms with van der Waals surface area (Å²) in [5, 5.41) is 0. The van der Waals surface area contributed by atoms with Crippen LogP contribution < -0.4 is 0 Å². The summed E-state index contributed by atoms with van der Waals surface area (Å²) in [6.45, 7) is 5.87. The van der Waals surface area contributed by atoms with E-state index in [2.05, 4.69) is 38.5 Å². The second-order valence-corrected chi connectivity index (χ2v) is 8.38. The lowest BCUT2D eigenvalue weighted by atomic mass is 9.90. The van der Waals surface area contributed by atoms with E-state index in [0.717, 1.165) is 35.0 Å². The molecule has 1 aromatic carbocycles. The molecule has 2 nitrogen and oxygen atoms in total. The van der Waals surface area contributed by atoms with Crippen LogP contribution in [-0.4, -0.2) is 14.7 Å². The van der Waals surface area contributed by atoms with Gasteiger partial charge in [0.25, 0.3) is 0 Å². The standard InChI is InChI=1S/C14H18BrNOS/c1-14(2,3)18(17)16-13-6-4-5-10-7-8-11(15)9-12(10)13/h7-9H,4-6H2,1-3H3/b16-13+/t18-/m1/s1. The Hall–Kier alpha value is -0.480. The average molecular weight is 328 g/mol. The highest BCUT2D eigenvalue weighted by Gasteiger charge is 2.22. The molecule has 0 aromatic heterocycles. The normalized spacial score (nSPS) is 19.7. The van der Waals surface area contributed by atoms with Crippen molar-refractivity contribution in [2.24, 2.45) is 4.40 Å². The SMILES string of the molecule is CC(C)(C)[S@@](=O)/N=C1\CCCc2ccc(Br)cc21. The molecule has 0 saturated heterocycles. The summed E-state index contributed by atoms with van der Waals surface area (Å²) < 4.78 is 17.4. The summed E-state index contributed by atoms with van der Waals surface area (Å²) in [6, 6.07) is 6.28. The molecular formula is C14H18BrNOS. The highest BCUT2D eigenvalue weighted by atomic mass is 79.9. The van der Waals surface area contributed by atoms with Crippen molar-refractivity contribution < 1.29 is 4.21 Å². The summed E-state index contributed by atoms with van der Waals surface area (Å²) in [7, 11) is -1.18. The van der Waals surface area contributed by atoms with Crippen molar-refractivity contribution in [1.82, 2.24) is 0 Å². The summed E-state index contributed by atoms with van der Waals surface area (Å²) >= 11 is 3.49. The second kappa shape index (κ2) is 5.25. The van der Waals surface area contributed by atoms with Gasteiger partial charge in [0.15, 0.2) is 0 Å². The summed E-state index contributed by atoms with van der Waals surface area (Å²) in [5.74, 6) is 0. The summed E-state index contributed by atoms with van der Waals surface area (Å²) in [4.78, 5) is 0. The van der Waals surface area contributed by atoms with E-state index in [1.807, 2.05) is 20.8 Å². The third-order valence-electron chi connectivity index (χ3n) is 2.96. The Morgan fingerprint density at radius 2 is 2.00 bits per heavy atom. The lowest BCUT2D eigenvalue weighted by Crippen LogP contribution is -2.22. The van der Waals surface area contributed by atoms with Gasteiger partial charge in [0.1, 0.15) is 11.0 Å². The quantitative estimate of drug-likeness (QED) is 0.765. The lowest BCUT2D eigenvalue weighted by Gasteiger charge is -2.20. The van der Waals surface area contributed by atoms with Gasteiger partial charge in [-0.05, 0) is 57.7 Å². The van der Waals surface area contributed by atoms with Crippen LogP contribution in [0.5, 0.6) is 0 Å². The first-order valence-electron chi connectivity index (χ1n) is 6.16. The zero-order valence-corrected chi connectivity index (χ0v) is 13.4. The van der Waals surface area contributed by atoms with Crippen LogP contribution in [0, 0.1) is 0 Å². The molecular weight excluding hydrogens is 310 g/mol. The van der Waals surface area contributed by atoms with Crippen molar-refractivity contribution in [2.75, 3.05) is 0 Å². The fraction of sp³-hybridized carbons (Fsp3) is 0.500. The van der Waals surface area contributed by atoms with E-state index in [-0.39, 0.29) is 4.75 Å². The maximum absolute atomic E-state index is 12.1. The van der Waals surface area contributed by atoms with Crippen molar-refractivity contribution in [3.63, 3.8) is 0 Å². The number of benzene rings is 1. The van der Waals surface area contributed by atoms with Crippen molar-refractivity contribution in [3.8, 4) is 0 Å².